The topological polar surface area (TPSA) is 95.5 Å². The molecule has 102 valence electrons. The van der Waals surface area contributed by atoms with Crippen LogP contribution in [0.15, 0.2) is 18.2 Å². The van der Waals surface area contributed by atoms with Crippen molar-refractivity contribution in [1.82, 2.24) is 10.6 Å². The van der Waals surface area contributed by atoms with Gasteiger partial charge in [-0.1, -0.05) is 11.6 Å². The van der Waals surface area contributed by atoms with Gasteiger partial charge in [-0.3, -0.25) is 14.4 Å². The van der Waals surface area contributed by atoms with Crippen molar-refractivity contribution >= 4 is 29.4 Å². The Morgan fingerprint density at radius 1 is 1.21 bits per heavy atom. The molecule has 0 atom stereocenters. The fourth-order valence-electron chi connectivity index (χ4n) is 1.29. The highest BCUT2D eigenvalue weighted by molar-refractivity contribution is 6.31. The number of carboxylic acids is 1. The molecule has 0 aromatic heterocycles. The molecule has 7 heteroatoms. The van der Waals surface area contributed by atoms with Crippen LogP contribution in [-0.2, 0) is 9.59 Å². The molecule has 1 aromatic carbocycles. The summed E-state index contributed by atoms with van der Waals surface area (Å²) in [5.74, 6) is -2.14. The highest BCUT2D eigenvalue weighted by Crippen LogP contribution is 2.15. The molecular weight excluding hydrogens is 272 g/mol. The molecule has 19 heavy (non-hydrogen) atoms. The minimum Gasteiger partial charge on any atom is -0.480 e. The van der Waals surface area contributed by atoms with Crippen LogP contribution in [0.5, 0.6) is 0 Å². The van der Waals surface area contributed by atoms with E-state index < -0.39 is 24.3 Å². The molecule has 0 saturated heterocycles. The number of aliphatic carboxylic acids is 1. The Morgan fingerprint density at radius 2 is 1.89 bits per heavy atom. The first kappa shape index (κ1) is 15.0. The minimum atomic E-state index is -1.15. The monoisotopic (exact) mass is 284 g/mol. The lowest BCUT2D eigenvalue weighted by atomic mass is 10.1. The van der Waals surface area contributed by atoms with E-state index in [-0.39, 0.29) is 6.54 Å². The van der Waals surface area contributed by atoms with Crippen molar-refractivity contribution in [1.29, 1.82) is 0 Å². The number of halogens is 1. The van der Waals surface area contributed by atoms with Crippen molar-refractivity contribution in [3.63, 3.8) is 0 Å². The van der Waals surface area contributed by atoms with Gasteiger partial charge in [0, 0.05) is 10.6 Å². The quantitative estimate of drug-likeness (QED) is 0.737. The second kappa shape index (κ2) is 6.75. The van der Waals surface area contributed by atoms with Gasteiger partial charge < -0.3 is 15.7 Å². The van der Waals surface area contributed by atoms with Gasteiger partial charge in [-0.05, 0) is 30.7 Å². The lowest BCUT2D eigenvalue weighted by Gasteiger charge is -2.06. The maximum absolute atomic E-state index is 11.7. The third-order valence-electron chi connectivity index (χ3n) is 2.27. The molecule has 0 spiro atoms. The number of carboxylic acid groups (broad SMARTS) is 1. The third kappa shape index (κ3) is 4.97. The fraction of sp³-hybridized carbons (Fsp3) is 0.250. The average Bonchev–Trinajstić information content (AvgIpc) is 2.36. The standard InChI is InChI=1S/C12H13ClN2O4/c1-7-4-8(2-3-9(7)13)12(19)15-5-10(16)14-6-11(17)18/h2-4H,5-6H2,1H3,(H,14,16)(H,15,19)(H,17,18). The van der Waals surface area contributed by atoms with Gasteiger partial charge in [-0.2, -0.15) is 0 Å². The van der Waals surface area contributed by atoms with Gasteiger partial charge in [0.05, 0.1) is 6.54 Å². The van der Waals surface area contributed by atoms with Gasteiger partial charge in [0.2, 0.25) is 5.91 Å². The molecular formula is C12H13ClN2O4. The summed E-state index contributed by atoms with van der Waals surface area (Å²) in [6.07, 6.45) is 0. The van der Waals surface area contributed by atoms with E-state index >= 15 is 0 Å². The molecule has 0 unspecified atom stereocenters. The number of nitrogens with one attached hydrogen (secondary N) is 2. The predicted octanol–water partition coefficient (Wildman–Crippen LogP) is 0.579. The largest absolute Gasteiger partial charge is 0.480 e. The number of amides is 2. The number of hydrogen-bond donors (Lipinski definition) is 3. The predicted molar refractivity (Wildman–Crippen MR) is 69.2 cm³/mol. The van der Waals surface area contributed by atoms with Crippen LogP contribution in [0, 0.1) is 6.92 Å². The molecule has 6 nitrogen and oxygen atoms in total. The van der Waals surface area contributed by atoms with E-state index in [9.17, 15) is 14.4 Å². The van der Waals surface area contributed by atoms with Crippen LogP contribution in [-0.4, -0.2) is 36.0 Å². The number of benzene rings is 1. The maximum atomic E-state index is 11.7. The Hall–Kier alpha value is -2.08. The van der Waals surface area contributed by atoms with E-state index in [1.54, 1.807) is 25.1 Å². The van der Waals surface area contributed by atoms with Crippen LogP contribution in [0.2, 0.25) is 5.02 Å². The molecule has 0 saturated carbocycles. The molecule has 1 rings (SSSR count). The number of rotatable bonds is 5. The van der Waals surface area contributed by atoms with Crippen LogP contribution in [0.3, 0.4) is 0 Å². The molecule has 2 amide bonds. The van der Waals surface area contributed by atoms with Gasteiger partial charge in [-0.25, -0.2) is 0 Å². The van der Waals surface area contributed by atoms with Gasteiger partial charge in [0.25, 0.3) is 5.91 Å². The highest BCUT2D eigenvalue weighted by atomic mass is 35.5. The zero-order valence-corrected chi connectivity index (χ0v) is 11.0. The van der Waals surface area contributed by atoms with Gasteiger partial charge in [0.15, 0.2) is 0 Å². The minimum absolute atomic E-state index is 0.284. The van der Waals surface area contributed by atoms with Gasteiger partial charge in [0.1, 0.15) is 6.54 Å². The lowest BCUT2D eigenvalue weighted by Crippen LogP contribution is -2.39. The first-order valence-corrected chi connectivity index (χ1v) is 5.81. The van der Waals surface area contributed by atoms with Crippen molar-refractivity contribution in [3.8, 4) is 0 Å². The van der Waals surface area contributed by atoms with Crippen molar-refractivity contribution in [2.45, 2.75) is 6.92 Å². The Kier molecular flexibility index (Phi) is 5.32. The molecule has 0 radical (unpaired) electrons. The smallest absolute Gasteiger partial charge is 0.322 e. The Balaban J connectivity index is 2.49. The lowest BCUT2D eigenvalue weighted by molar-refractivity contribution is -0.137. The van der Waals surface area contributed by atoms with Crippen LogP contribution >= 0.6 is 11.6 Å². The molecule has 0 aliphatic carbocycles. The van der Waals surface area contributed by atoms with E-state index in [1.165, 1.54) is 0 Å². The average molecular weight is 285 g/mol. The highest BCUT2D eigenvalue weighted by Gasteiger charge is 2.09. The van der Waals surface area contributed by atoms with Crippen LogP contribution in [0.4, 0.5) is 0 Å². The number of carbonyl (C=O) groups is 3. The summed E-state index contributed by atoms with van der Waals surface area (Å²) >= 11 is 5.83. The van der Waals surface area contributed by atoms with Crippen LogP contribution in [0.1, 0.15) is 15.9 Å². The van der Waals surface area contributed by atoms with Crippen molar-refractivity contribution in [2.75, 3.05) is 13.1 Å². The molecule has 0 bridgehead atoms. The van der Waals surface area contributed by atoms with Gasteiger partial charge >= 0.3 is 5.97 Å². The van der Waals surface area contributed by atoms with Crippen molar-refractivity contribution < 1.29 is 19.5 Å². The number of hydrogen-bond acceptors (Lipinski definition) is 3. The van der Waals surface area contributed by atoms with Gasteiger partial charge in [-0.15, -0.1) is 0 Å². The van der Waals surface area contributed by atoms with Crippen molar-refractivity contribution in [3.05, 3.63) is 34.3 Å². The van der Waals surface area contributed by atoms with E-state index in [0.29, 0.717) is 10.6 Å². The number of aryl methyl sites for hydroxylation is 1. The molecule has 0 aliphatic rings. The second-order valence-electron chi connectivity index (χ2n) is 3.82. The maximum Gasteiger partial charge on any atom is 0.322 e. The molecule has 0 fully saturated rings. The second-order valence-corrected chi connectivity index (χ2v) is 4.22. The molecule has 0 aliphatic heterocycles. The summed E-state index contributed by atoms with van der Waals surface area (Å²) in [6.45, 7) is 1.00. The summed E-state index contributed by atoms with van der Waals surface area (Å²) < 4.78 is 0. The molecule has 3 N–H and O–H groups in total. The normalized spacial score (nSPS) is 9.79. The third-order valence-corrected chi connectivity index (χ3v) is 2.69. The zero-order valence-electron chi connectivity index (χ0n) is 10.2. The van der Waals surface area contributed by atoms with Crippen molar-refractivity contribution in [2.24, 2.45) is 0 Å². The fourth-order valence-corrected chi connectivity index (χ4v) is 1.40. The Labute approximate surface area is 114 Å². The van der Waals surface area contributed by atoms with E-state index in [0.717, 1.165) is 5.56 Å². The Bertz CT molecular complexity index is 516. The SMILES string of the molecule is Cc1cc(C(=O)NCC(=O)NCC(=O)O)ccc1Cl. The van der Waals surface area contributed by atoms with E-state index in [1.807, 2.05) is 0 Å². The first-order valence-electron chi connectivity index (χ1n) is 5.43. The molecule has 1 aromatic rings. The van der Waals surface area contributed by atoms with E-state index in [2.05, 4.69) is 10.6 Å². The zero-order chi connectivity index (χ0) is 14.4. The summed E-state index contributed by atoms with van der Waals surface area (Å²) in [5, 5.41) is 13.4. The van der Waals surface area contributed by atoms with E-state index in [4.69, 9.17) is 16.7 Å². The summed E-state index contributed by atoms with van der Waals surface area (Å²) in [7, 11) is 0. The summed E-state index contributed by atoms with van der Waals surface area (Å²) in [4.78, 5) is 33.1. The van der Waals surface area contributed by atoms with Crippen LogP contribution in [0.25, 0.3) is 0 Å². The Morgan fingerprint density at radius 3 is 2.47 bits per heavy atom. The number of carbonyl (C=O) groups excluding carboxylic acids is 2. The first-order chi connectivity index (χ1) is 8.90. The summed E-state index contributed by atoms with van der Waals surface area (Å²) in [5.41, 5.74) is 1.14. The van der Waals surface area contributed by atoms with Crippen LogP contribution < -0.4 is 10.6 Å². The molecule has 0 heterocycles. The summed E-state index contributed by atoms with van der Waals surface area (Å²) in [6, 6.07) is 4.74.